The summed E-state index contributed by atoms with van der Waals surface area (Å²) in [7, 11) is 0. The standard InChI is InChI=1S/C8H7N3O/c12-11-8-3-1-2-7-6(8)4-9-5-10-7/h1-2,4-5,12H,3H2. The third-order valence-corrected chi connectivity index (χ3v) is 1.76. The lowest BCUT2D eigenvalue weighted by atomic mass is 10.0. The molecular weight excluding hydrogens is 154 g/mol. The van der Waals surface area contributed by atoms with E-state index in [1.807, 2.05) is 12.2 Å². The zero-order chi connectivity index (χ0) is 8.39. The molecule has 0 atom stereocenters. The van der Waals surface area contributed by atoms with Gasteiger partial charge in [-0.05, 0) is 6.08 Å². The Labute approximate surface area is 69.3 Å². The second-order valence-electron chi connectivity index (χ2n) is 2.47. The molecular formula is C8H7N3O. The summed E-state index contributed by atoms with van der Waals surface area (Å²) in [6.45, 7) is 0. The molecule has 12 heavy (non-hydrogen) atoms. The van der Waals surface area contributed by atoms with Crippen LogP contribution in [0.15, 0.2) is 23.8 Å². The minimum absolute atomic E-state index is 0.619. The van der Waals surface area contributed by atoms with Crippen molar-refractivity contribution in [3.05, 3.63) is 29.9 Å². The lowest BCUT2D eigenvalue weighted by molar-refractivity contribution is 0.318. The van der Waals surface area contributed by atoms with Crippen LogP contribution < -0.4 is 0 Å². The SMILES string of the molecule is ON=C1CC=Cc2ncncc21. The van der Waals surface area contributed by atoms with Gasteiger partial charge in [0.15, 0.2) is 0 Å². The number of hydrogen-bond donors (Lipinski definition) is 1. The summed E-state index contributed by atoms with van der Waals surface area (Å²) in [5, 5.41) is 11.8. The fourth-order valence-corrected chi connectivity index (χ4v) is 1.18. The Morgan fingerprint density at radius 2 is 2.42 bits per heavy atom. The molecule has 2 rings (SSSR count). The minimum atomic E-state index is 0.619. The van der Waals surface area contributed by atoms with Gasteiger partial charge in [0.2, 0.25) is 0 Å². The van der Waals surface area contributed by atoms with Crippen LogP contribution in [0.25, 0.3) is 6.08 Å². The van der Waals surface area contributed by atoms with E-state index in [9.17, 15) is 0 Å². The van der Waals surface area contributed by atoms with Crippen molar-refractivity contribution < 1.29 is 5.21 Å². The van der Waals surface area contributed by atoms with E-state index < -0.39 is 0 Å². The molecule has 60 valence electrons. The molecule has 0 unspecified atom stereocenters. The Morgan fingerprint density at radius 1 is 1.50 bits per heavy atom. The normalized spacial score (nSPS) is 17.8. The largest absolute Gasteiger partial charge is 0.411 e. The van der Waals surface area contributed by atoms with E-state index in [1.54, 1.807) is 6.20 Å². The predicted molar refractivity (Wildman–Crippen MR) is 44.0 cm³/mol. The summed E-state index contributed by atoms with van der Waals surface area (Å²) < 4.78 is 0. The van der Waals surface area contributed by atoms with Crippen molar-refractivity contribution in [2.45, 2.75) is 6.42 Å². The smallest absolute Gasteiger partial charge is 0.116 e. The maximum absolute atomic E-state index is 8.64. The van der Waals surface area contributed by atoms with Crippen LogP contribution in [-0.4, -0.2) is 20.9 Å². The average Bonchev–Trinajstić information content (AvgIpc) is 2.17. The summed E-state index contributed by atoms with van der Waals surface area (Å²) >= 11 is 0. The molecule has 0 radical (unpaired) electrons. The van der Waals surface area contributed by atoms with Crippen molar-refractivity contribution in [3.8, 4) is 0 Å². The van der Waals surface area contributed by atoms with Gasteiger partial charge in [-0.1, -0.05) is 11.2 Å². The second-order valence-corrected chi connectivity index (χ2v) is 2.47. The molecule has 1 aliphatic rings. The minimum Gasteiger partial charge on any atom is -0.411 e. The maximum Gasteiger partial charge on any atom is 0.116 e. The van der Waals surface area contributed by atoms with E-state index in [0.29, 0.717) is 12.1 Å². The van der Waals surface area contributed by atoms with E-state index in [4.69, 9.17) is 5.21 Å². The van der Waals surface area contributed by atoms with Crippen molar-refractivity contribution in [1.29, 1.82) is 0 Å². The van der Waals surface area contributed by atoms with Crippen LogP contribution in [-0.2, 0) is 0 Å². The van der Waals surface area contributed by atoms with Gasteiger partial charge in [0.1, 0.15) is 6.33 Å². The molecule has 1 aliphatic carbocycles. The fraction of sp³-hybridized carbons (Fsp3) is 0.125. The molecule has 0 saturated carbocycles. The molecule has 0 fully saturated rings. The average molecular weight is 161 g/mol. The van der Waals surface area contributed by atoms with Crippen LogP contribution in [0, 0.1) is 0 Å². The number of fused-ring (bicyclic) bond motifs is 1. The van der Waals surface area contributed by atoms with Gasteiger partial charge in [-0.15, -0.1) is 0 Å². The molecule has 0 amide bonds. The summed E-state index contributed by atoms with van der Waals surface area (Å²) in [4.78, 5) is 7.89. The molecule has 1 aromatic rings. The van der Waals surface area contributed by atoms with Crippen molar-refractivity contribution in [2.75, 3.05) is 0 Å². The van der Waals surface area contributed by atoms with Crippen LogP contribution in [0.5, 0.6) is 0 Å². The van der Waals surface area contributed by atoms with Crippen LogP contribution in [0.3, 0.4) is 0 Å². The number of rotatable bonds is 0. The van der Waals surface area contributed by atoms with Crippen molar-refractivity contribution in [1.82, 2.24) is 9.97 Å². The van der Waals surface area contributed by atoms with Gasteiger partial charge in [0, 0.05) is 18.2 Å². The van der Waals surface area contributed by atoms with Crippen molar-refractivity contribution in [2.24, 2.45) is 5.16 Å². The molecule has 0 bridgehead atoms. The Morgan fingerprint density at radius 3 is 3.25 bits per heavy atom. The van der Waals surface area contributed by atoms with Gasteiger partial charge in [-0.2, -0.15) is 0 Å². The van der Waals surface area contributed by atoms with E-state index in [2.05, 4.69) is 15.1 Å². The van der Waals surface area contributed by atoms with Gasteiger partial charge in [-0.25, -0.2) is 9.97 Å². The van der Waals surface area contributed by atoms with Gasteiger partial charge < -0.3 is 5.21 Å². The molecule has 4 heteroatoms. The first-order valence-corrected chi connectivity index (χ1v) is 3.59. The van der Waals surface area contributed by atoms with Crippen LogP contribution >= 0.6 is 0 Å². The zero-order valence-electron chi connectivity index (χ0n) is 6.31. The Bertz CT molecular complexity index is 357. The monoisotopic (exact) mass is 161 g/mol. The third kappa shape index (κ3) is 0.972. The molecule has 1 heterocycles. The number of oxime groups is 1. The van der Waals surface area contributed by atoms with E-state index in [-0.39, 0.29) is 0 Å². The Kier molecular flexibility index (Phi) is 1.59. The van der Waals surface area contributed by atoms with Gasteiger partial charge >= 0.3 is 0 Å². The highest BCUT2D eigenvalue weighted by Crippen LogP contribution is 2.15. The first kappa shape index (κ1) is 6.97. The third-order valence-electron chi connectivity index (χ3n) is 1.76. The summed E-state index contributed by atoms with van der Waals surface area (Å²) in [5.74, 6) is 0. The first-order chi connectivity index (χ1) is 5.92. The Balaban J connectivity index is 2.60. The lowest BCUT2D eigenvalue weighted by Gasteiger charge is -2.08. The summed E-state index contributed by atoms with van der Waals surface area (Å²) in [6.07, 6.45) is 7.57. The molecule has 0 saturated heterocycles. The van der Waals surface area contributed by atoms with E-state index >= 15 is 0 Å². The van der Waals surface area contributed by atoms with E-state index in [1.165, 1.54) is 6.33 Å². The second kappa shape index (κ2) is 2.73. The topological polar surface area (TPSA) is 58.4 Å². The summed E-state index contributed by atoms with van der Waals surface area (Å²) in [6, 6.07) is 0. The summed E-state index contributed by atoms with van der Waals surface area (Å²) in [5.41, 5.74) is 2.24. The van der Waals surface area contributed by atoms with Gasteiger partial charge in [-0.3, -0.25) is 0 Å². The number of allylic oxidation sites excluding steroid dienone is 1. The fourth-order valence-electron chi connectivity index (χ4n) is 1.18. The van der Waals surface area contributed by atoms with Crippen molar-refractivity contribution >= 4 is 11.8 Å². The van der Waals surface area contributed by atoms with Gasteiger partial charge in [0.25, 0.3) is 0 Å². The highest BCUT2D eigenvalue weighted by molar-refractivity contribution is 6.05. The van der Waals surface area contributed by atoms with Crippen LogP contribution in [0.2, 0.25) is 0 Å². The van der Waals surface area contributed by atoms with Gasteiger partial charge in [0.05, 0.1) is 11.4 Å². The first-order valence-electron chi connectivity index (χ1n) is 3.59. The highest BCUT2D eigenvalue weighted by atomic mass is 16.4. The zero-order valence-corrected chi connectivity index (χ0v) is 6.31. The number of aromatic nitrogens is 2. The van der Waals surface area contributed by atoms with Crippen LogP contribution in [0.4, 0.5) is 0 Å². The molecule has 0 spiro atoms. The number of nitrogens with zero attached hydrogens (tertiary/aromatic N) is 3. The highest BCUT2D eigenvalue weighted by Gasteiger charge is 2.11. The molecule has 1 aromatic heterocycles. The number of hydrogen-bond acceptors (Lipinski definition) is 4. The van der Waals surface area contributed by atoms with E-state index in [0.717, 1.165) is 11.3 Å². The van der Waals surface area contributed by atoms with Crippen LogP contribution in [0.1, 0.15) is 17.7 Å². The Hall–Kier alpha value is -1.71. The molecule has 0 aliphatic heterocycles. The quantitative estimate of drug-likeness (QED) is 0.457. The lowest BCUT2D eigenvalue weighted by Crippen LogP contribution is -2.07. The molecule has 1 N–H and O–H groups in total. The van der Waals surface area contributed by atoms with Crippen molar-refractivity contribution in [3.63, 3.8) is 0 Å². The molecule has 4 nitrogen and oxygen atoms in total. The maximum atomic E-state index is 8.64. The predicted octanol–water partition coefficient (Wildman–Crippen LogP) is 1.07. The molecule has 0 aromatic carbocycles.